The van der Waals surface area contributed by atoms with Gasteiger partial charge >= 0.3 is 5.97 Å². The van der Waals surface area contributed by atoms with E-state index in [1.165, 1.54) is 6.07 Å². The number of esters is 1. The van der Waals surface area contributed by atoms with Crippen molar-refractivity contribution in [1.29, 1.82) is 0 Å². The molecule has 1 heterocycles. The molecule has 0 aliphatic carbocycles. The summed E-state index contributed by atoms with van der Waals surface area (Å²) >= 11 is 1.02. The van der Waals surface area contributed by atoms with Gasteiger partial charge in [0.05, 0.1) is 11.1 Å². The molecule has 0 radical (unpaired) electrons. The molecule has 0 spiro atoms. The van der Waals surface area contributed by atoms with Gasteiger partial charge in [-0.3, -0.25) is 9.59 Å². The molecular formula is C16H12FN3O3S. The maximum Gasteiger partial charge on any atom is 0.318 e. The Hall–Kier alpha value is -2.74. The van der Waals surface area contributed by atoms with E-state index in [9.17, 15) is 14.0 Å². The van der Waals surface area contributed by atoms with Crippen LogP contribution in [0.15, 0.2) is 58.2 Å². The molecule has 0 aliphatic rings. The Balaban J connectivity index is 1.61. The number of halogens is 1. The lowest BCUT2D eigenvalue weighted by atomic mass is 10.2. The van der Waals surface area contributed by atoms with Crippen LogP contribution in [0.5, 0.6) is 0 Å². The molecule has 122 valence electrons. The summed E-state index contributed by atoms with van der Waals surface area (Å²) in [5.41, 5.74) is 0.0790. The van der Waals surface area contributed by atoms with Gasteiger partial charge in [-0.1, -0.05) is 29.5 Å². The van der Waals surface area contributed by atoms with Crippen molar-refractivity contribution in [1.82, 2.24) is 15.0 Å². The molecule has 3 rings (SSSR count). The molecule has 0 aliphatic heterocycles. The fourth-order valence-electron chi connectivity index (χ4n) is 1.98. The van der Waals surface area contributed by atoms with Crippen molar-refractivity contribution in [3.63, 3.8) is 0 Å². The monoisotopic (exact) mass is 345 g/mol. The molecule has 0 saturated heterocycles. The van der Waals surface area contributed by atoms with E-state index >= 15 is 0 Å². The number of carbonyl (C=O) groups is 1. The second kappa shape index (κ2) is 7.22. The summed E-state index contributed by atoms with van der Waals surface area (Å²) in [6, 6.07) is 12.9. The molecule has 6 nitrogen and oxygen atoms in total. The topological polar surface area (TPSA) is 74.1 Å². The van der Waals surface area contributed by atoms with Crippen molar-refractivity contribution in [2.24, 2.45) is 0 Å². The van der Waals surface area contributed by atoms with Gasteiger partial charge in [0, 0.05) is 4.90 Å². The molecular weight excluding hydrogens is 333 g/mol. The van der Waals surface area contributed by atoms with Crippen molar-refractivity contribution in [2.45, 2.75) is 11.6 Å². The van der Waals surface area contributed by atoms with Gasteiger partial charge in [-0.25, -0.2) is 4.39 Å². The Kier molecular flexibility index (Phi) is 4.85. The number of thioether (sulfide) groups is 1. The van der Waals surface area contributed by atoms with Crippen LogP contribution in [0.1, 0.15) is 0 Å². The van der Waals surface area contributed by atoms with E-state index in [0.29, 0.717) is 15.8 Å². The molecule has 8 heteroatoms. The summed E-state index contributed by atoms with van der Waals surface area (Å²) in [6.45, 7) is -0.340. The first-order valence-corrected chi connectivity index (χ1v) is 7.99. The molecule has 0 atom stereocenters. The smallest absolute Gasteiger partial charge is 0.318 e. The van der Waals surface area contributed by atoms with Gasteiger partial charge in [-0.15, -0.1) is 16.9 Å². The second-order valence-electron chi connectivity index (χ2n) is 4.78. The van der Waals surface area contributed by atoms with Crippen LogP contribution in [0.3, 0.4) is 0 Å². The van der Waals surface area contributed by atoms with Crippen LogP contribution >= 0.6 is 11.8 Å². The molecule has 3 aromatic rings. The van der Waals surface area contributed by atoms with Crippen molar-refractivity contribution < 1.29 is 13.9 Å². The van der Waals surface area contributed by atoms with E-state index < -0.39 is 17.3 Å². The number of benzene rings is 2. The van der Waals surface area contributed by atoms with Gasteiger partial charge in [-0.05, 0) is 24.3 Å². The maximum atomic E-state index is 13.5. The SMILES string of the molecule is O=C(CSc1ccccc1F)OCn1nnc2ccccc2c1=O. The lowest BCUT2D eigenvalue weighted by Crippen LogP contribution is -2.26. The van der Waals surface area contributed by atoms with Crippen LogP contribution in [-0.4, -0.2) is 26.7 Å². The lowest BCUT2D eigenvalue weighted by molar-refractivity contribution is -0.144. The fourth-order valence-corrected chi connectivity index (χ4v) is 2.72. The summed E-state index contributed by atoms with van der Waals surface area (Å²) in [5, 5.41) is 8.01. The molecule has 0 fully saturated rings. The average molecular weight is 345 g/mol. The van der Waals surface area contributed by atoms with E-state index in [1.54, 1.807) is 42.5 Å². The zero-order valence-electron chi connectivity index (χ0n) is 12.4. The van der Waals surface area contributed by atoms with Crippen molar-refractivity contribution in [2.75, 3.05) is 5.75 Å². The number of carbonyl (C=O) groups excluding carboxylic acids is 1. The lowest BCUT2D eigenvalue weighted by Gasteiger charge is -2.07. The largest absolute Gasteiger partial charge is 0.441 e. The number of nitrogens with zero attached hydrogens (tertiary/aromatic N) is 3. The number of hydrogen-bond donors (Lipinski definition) is 0. The standard InChI is InChI=1S/C16H12FN3O3S/c17-12-6-2-4-8-14(12)24-9-15(21)23-10-20-16(22)11-5-1-3-7-13(11)18-19-20/h1-8H,9-10H2. The number of fused-ring (bicyclic) bond motifs is 1. The van der Waals surface area contributed by atoms with E-state index in [1.807, 2.05) is 0 Å². The quantitative estimate of drug-likeness (QED) is 0.521. The van der Waals surface area contributed by atoms with E-state index in [0.717, 1.165) is 16.4 Å². The third-order valence-corrected chi connectivity index (χ3v) is 4.18. The Labute approximate surface area is 140 Å². The van der Waals surface area contributed by atoms with Crippen LogP contribution in [0.25, 0.3) is 10.9 Å². The minimum Gasteiger partial charge on any atom is -0.441 e. The Morgan fingerprint density at radius 1 is 1.17 bits per heavy atom. The average Bonchev–Trinajstić information content (AvgIpc) is 2.61. The Morgan fingerprint density at radius 3 is 2.75 bits per heavy atom. The van der Waals surface area contributed by atoms with E-state index in [-0.39, 0.29) is 12.5 Å². The van der Waals surface area contributed by atoms with Crippen molar-refractivity contribution in [3.8, 4) is 0 Å². The van der Waals surface area contributed by atoms with Gasteiger partial charge in [0.1, 0.15) is 11.3 Å². The predicted octanol–water partition coefficient (Wildman–Crippen LogP) is 2.22. The first-order chi connectivity index (χ1) is 11.6. The molecule has 24 heavy (non-hydrogen) atoms. The van der Waals surface area contributed by atoms with Crippen LogP contribution in [0, 0.1) is 5.82 Å². The normalized spacial score (nSPS) is 10.7. The Bertz CT molecular complexity index is 945. The highest BCUT2D eigenvalue weighted by Gasteiger charge is 2.10. The number of hydrogen-bond acceptors (Lipinski definition) is 6. The summed E-state index contributed by atoms with van der Waals surface area (Å²) in [7, 11) is 0. The summed E-state index contributed by atoms with van der Waals surface area (Å²) in [4.78, 5) is 24.3. The molecule has 0 N–H and O–H groups in total. The van der Waals surface area contributed by atoms with E-state index in [4.69, 9.17) is 4.74 Å². The van der Waals surface area contributed by atoms with Crippen LogP contribution < -0.4 is 5.56 Å². The first kappa shape index (κ1) is 16.1. The van der Waals surface area contributed by atoms with Gasteiger partial charge in [0.15, 0.2) is 6.73 Å². The highest BCUT2D eigenvalue weighted by molar-refractivity contribution is 8.00. The van der Waals surface area contributed by atoms with Crippen molar-refractivity contribution >= 4 is 28.6 Å². The minimum absolute atomic E-state index is 0.0727. The summed E-state index contributed by atoms with van der Waals surface area (Å²) in [5.74, 6) is -1.05. The van der Waals surface area contributed by atoms with Crippen LogP contribution in [0.2, 0.25) is 0 Å². The number of aromatic nitrogens is 3. The van der Waals surface area contributed by atoms with Gasteiger partial charge in [0.25, 0.3) is 5.56 Å². The maximum absolute atomic E-state index is 13.5. The zero-order chi connectivity index (χ0) is 16.9. The summed E-state index contributed by atoms with van der Waals surface area (Å²) in [6.07, 6.45) is 0. The molecule has 0 unspecified atom stereocenters. The van der Waals surface area contributed by atoms with E-state index in [2.05, 4.69) is 10.3 Å². The van der Waals surface area contributed by atoms with Crippen molar-refractivity contribution in [3.05, 3.63) is 64.7 Å². The fraction of sp³-hybridized carbons (Fsp3) is 0.125. The van der Waals surface area contributed by atoms with Gasteiger partial charge < -0.3 is 4.74 Å². The predicted molar refractivity (Wildman–Crippen MR) is 87.0 cm³/mol. The minimum atomic E-state index is -0.579. The van der Waals surface area contributed by atoms with Crippen LogP contribution in [-0.2, 0) is 16.3 Å². The highest BCUT2D eigenvalue weighted by Crippen LogP contribution is 2.21. The molecule has 0 bridgehead atoms. The van der Waals surface area contributed by atoms with Crippen LogP contribution in [0.4, 0.5) is 4.39 Å². The first-order valence-electron chi connectivity index (χ1n) is 7.00. The molecule has 0 saturated carbocycles. The second-order valence-corrected chi connectivity index (χ2v) is 5.79. The third-order valence-electron chi connectivity index (χ3n) is 3.16. The zero-order valence-corrected chi connectivity index (χ0v) is 13.2. The third kappa shape index (κ3) is 3.60. The molecule has 0 amide bonds. The number of ether oxygens (including phenoxy) is 1. The highest BCUT2D eigenvalue weighted by atomic mass is 32.2. The number of rotatable bonds is 5. The molecule has 2 aromatic carbocycles. The van der Waals surface area contributed by atoms with Gasteiger partial charge in [0.2, 0.25) is 0 Å². The Morgan fingerprint density at radius 2 is 1.92 bits per heavy atom. The summed E-state index contributed by atoms with van der Waals surface area (Å²) < 4.78 is 19.4. The molecule has 1 aromatic heterocycles. The van der Waals surface area contributed by atoms with Gasteiger partial charge in [-0.2, -0.15) is 4.68 Å².